The third-order valence-corrected chi connectivity index (χ3v) is 6.25. The highest BCUT2D eigenvalue weighted by atomic mass is 32.2. The molecule has 0 aliphatic heterocycles. The highest BCUT2D eigenvalue weighted by Gasteiger charge is 2.17. The van der Waals surface area contributed by atoms with Gasteiger partial charge in [0, 0.05) is 28.4 Å². The molecule has 0 saturated heterocycles. The minimum atomic E-state index is -0.273. The van der Waals surface area contributed by atoms with E-state index in [2.05, 4.69) is 22.5 Å². The van der Waals surface area contributed by atoms with Crippen LogP contribution >= 0.6 is 23.1 Å². The zero-order valence-corrected chi connectivity index (χ0v) is 13.7. The second-order valence-electron chi connectivity index (χ2n) is 5.59. The van der Waals surface area contributed by atoms with Crippen LogP contribution in [0, 0.1) is 0 Å². The first kappa shape index (κ1) is 15.1. The van der Waals surface area contributed by atoms with Crippen molar-refractivity contribution in [3.8, 4) is 11.3 Å². The third-order valence-electron chi connectivity index (χ3n) is 3.86. The van der Waals surface area contributed by atoms with Crippen molar-refractivity contribution in [3.05, 3.63) is 40.7 Å². The number of aliphatic hydroxyl groups is 1. The van der Waals surface area contributed by atoms with Crippen molar-refractivity contribution in [2.75, 3.05) is 5.75 Å². The molecule has 4 heteroatoms. The summed E-state index contributed by atoms with van der Waals surface area (Å²) in [6, 6.07) is 10.2. The number of thioether (sulfide) groups is 1. The molecule has 1 heterocycles. The van der Waals surface area contributed by atoms with Gasteiger partial charge in [-0.1, -0.05) is 43.2 Å². The topological polar surface area (TPSA) is 33.1 Å². The van der Waals surface area contributed by atoms with E-state index >= 15 is 0 Å². The van der Waals surface area contributed by atoms with E-state index in [-0.39, 0.29) is 6.10 Å². The Balaban J connectivity index is 1.52. The Kier molecular flexibility index (Phi) is 5.33. The zero-order valence-electron chi connectivity index (χ0n) is 12.1. The lowest BCUT2D eigenvalue weighted by Gasteiger charge is -2.12. The van der Waals surface area contributed by atoms with Crippen molar-refractivity contribution in [2.45, 2.75) is 43.5 Å². The van der Waals surface area contributed by atoms with E-state index in [1.54, 1.807) is 11.3 Å². The van der Waals surface area contributed by atoms with Gasteiger partial charge in [-0.25, -0.2) is 4.98 Å². The summed E-state index contributed by atoms with van der Waals surface area (Å²) in [6.45, 7) is 0. The van der Waals surface area contributed by atoms with E-state index < -0.39 is 0 Å². The van der Waals surface area contributed by atoms with Crippen molar-refractivity contribution >= 4 is 23.1 Å². The monoisotopic (exact) mass is 319 g/mol. The van der Waals surface area contributed by atoms with Crippen LogP contribution in [-0.4, -0.2) is 27.2 Å². The average Bonchev–Trinajstić information content (AvgIpc) is 3.17. The number of nitrogens with zero attached hydrogens (tertiary/aromatic N) is 1. The van der Waals surface area contributed by atoms with Gasteiger partial charge in [0.15, 0.2) is 0 Å². The van der Waals surface area contributed by atoms with Crippen LogP contribution in [-0.2, 0) is 6.42 Å². The number of thiazole rings is 1. The minimum Gasteiger partial charge on any atom is -0.392 e. The normalized spacial score (nSPS) is 17.2. The molecule has 1 aliphatic carbocycles. The lowest BCUT2D eigenvalue weighted by atomic mass is 10.2. The standard InChI is InChI=1S/C17H21NOS2/c19-14(11-20-15-8-4-5-9-15)10-17-18-16(12-21-17)13-6-2-1-3-7-13/h1-3,6-7,12,14-15,19H,4-5,8-11H2. The second kappa shape index (κ2) is 7.43. The Hall–Kier alpha value is -0.840. The highest BCUT2D eigenvalue weighted by molar-refractivity contribution is 7.99. The van der Waals surface area contributed by atoms with Gasteiger partial charge < -0.3 is 5.11 Å². The number of benzene rings is 1. The van der Waals surface area contributed by atoms with Gasteiger partial charge in [0.2, 0.25) is 0 Å². The largest absolute Gasteiger partial charge is 0.392 e. The van der Waals surface area contributed by atoms with Crippen molar-refractivity contribution in [1.29, 1.82) is 0 Å². The predicted octanol–water partition coefficient (Wildman–Crippen LogP) is 4.39. The fraction of sp³-hybridized carbons (Fsp3) is 0.471. The Morgan fingerprint density at radius 3 is 2.76 bits per heavy atom. The first-order valence-corrected chi connectivity index (χ1v) is 9.53. The molecule has 1 aromatic heterocycles. The van der Waals surface area contributed by atoms with Crippen LogP contribution in [0.1, 0.15) is 30.7 Å². The molecule has 0 bridgehead atoms. The van der Waals surface area contributed by atoms with Crippen LogP contribution in [0.4, 0.5) is 0 Å². The molecular formula is C17H21NOS2. The number of aromatic nitrogens is 1. The summed E-state index contributed by atoms with van der Waals surface area (Å²) in [5.41, 5.74) is 2.17. The Morgan fingerprint density at radius 1 is 1.24 bits per heavy atom. The molecule has 2 nitrogen and oxygen atoms in total. The maximum atomic E-state index is 10.2. The van der Waals surface area contributed by atoms with Crippen LogP contribution in [0.25, 0.3) is 11.3 Å². The average molecular weight is 319 g/mol. The van der Waals surface area contributed by atoms with Gasteiger partial charge in [0.1, 0.15) is 0 Å². The van der Waals surface area contributed by atoms with Gasteiger partial charge in [-0.05, 0) is 12.8 Å². The fourth-order valence-electron chi connectivity index (χ4n) is 2.71. The summed E-state index contributed by atoms with van der Waals surface area (Å²) in [6.07, 6.45) is 5.78. The SMILES string of the molecule is OC(CSC1CCCC1)Cc1nc(-c2ccccc2)cs1. The number of aliphatic hydroxyl groups excluding tert-OH is 1. The number of hydrogen-bond acceptors (Lipinski definition) is 4. The highest BCUT2D eigenvalue weighted by Crippen LogP contribution is 2.30. The summed E-state index contributed by atoms with van der Waals surface area (Å²) in [5, 5.41) is 14.1. The van der Waals surface area contributed by atoms with E-state index in [0.717, 1.165) is 27.3 Å². The van der Waals surface area contributed by atoms with Gasteiger partial charge in [0.05, 0.1) is 16.8 Å². The summed E-state index contributed by atoms with van der Waals surface area (Å²) in [4.78, 5) is 4.65. The fourth-order valence-corrected chi connectivity index (χ4v) is 4.86. The smallest absolute Gasteiger partial charge is 0.0958 e. The van der Waals surface area contributed by atoms with E-state index in [4.69, 9.17) is 0 Å². The molecule has 21 heavy (non-hydrogen) atoms. The summed E-state index contributed by atoms with van der Waals surface area (Å²) < 4.78 is 0. The van der Waals surface area contributed by atoms with E-state index in [1.165, 1.54) is 25.7 Å². The molecule has 3 rings (SSSR count). The third kappa shape index (κ3) is 4.31. The van der Waals surface area contributed by atoms with Crippen molar-refractivity contribution < 1.29 is 5.11 Å². The van der Waals surface area contributed by atoms with Crippen molar-refractivity contribution in [3.63, 3.8) is 0 Å². The Morgan fingerprint density at radius 2 is 2.00 bits per heavy atom. The van der Waals surface area contributed by atoms with Crippen LogP contribution in [0.3, 0.4) is 0 Å². The molecule has 112 valence electrons. The molecule has 1 N–H and O–H groups in total. The molecule has 0 amide bonds. The molecule has 1 atom stereocenters. The molecule has 2 aromatic rings. The molecule has 1 aromatic carbocycles. The lowest BCUT2D eigenvalue weighted by molar-refractivity contribution is 0.200. The molecule has 1 unspecified atom stereocenters. The van der Waals surface area contributed by atoms with E-state index in [0.29, 0.717) is 6.42 Å². The zero-order chi connectivity index (χ0) is 14.5. The number of hydrogen-bond donors (Lipinski definition) is 1. The van der Waals surface area contributed by atoms with E-state index in [1.807, 2.05) is 30.0 Å². The van der Waals surface area contributed by atoms with Crippen LogP contribution in [0.15, 0.2) is 35.7 Å². The second-order valence-corrected chi connectivity index (χ2v) is 7.87. The maximum absolute atomic E-state index is 10.2. The molecule has 0 radical (unpaired) electrons. The summed E-state index contributed by atoms with van der Waals surface area (Å²) in [7, 11) is 0. The Bertz CT molecular complexity index is 549. The molecule has 1 aliphatic rings. The maximum Gasteiger partial charge on any atom is 0.0958 e. The van der Waals surface area contributed by atoms with Gasteiger partial charge >= 0.3 is 0 Å². The first-order chi connectivity index (χ1) is 10.3. The van der Waals surface area contributed by atoms with Gasteiger partial charge in [-0.3, -0.25) is 0 Å². The van der Waals surface area contributed by atoms with Gasteiger partial charge in [0.25, 0.3) is 0 Å². The quantitative estimate of drug-likeness (QED) is 0.857. The molecule has 1 saturated carbocycles. The summed E-state index contributed by atoms with van der Waals surface area (Å²) in [5.74, 6) is 0.838. The summed E-state index contributed by atoms with van der Waals surface area (Å²) >= 11 is 3.59. The van der Waals surface area contributed by atoms with Crippen LogP contribution in [0.2, 0.25) is 0 Å². The van der Waals surface area contributed by atoms with Crippen molar-refractivity contribution in [1.82, 2.24) is 4.98 Å². The lowest BCUT2D eigenvalue weighted by Crippen LogP contribution is -2.15. The molecule has 0 spiro atoms. The van der Waals surface area contributed by atoms with E-state index in [9.17, 15) is 5.11 Å². The van der Waals surface area contributed by atoms with Crippen LogP contribution in [0.5, 0.6) is 0 Å². The molecular weight excluding hydrogens is 298 g/mol. The van der Waals surface area contributed by atoms with Gasteiger partial charge in [-0.2, -0.15) is 11.8 Å². The molecule has 1 fully saturated rings. The predicted molar refractivity (Wildman–Crippen MR) is 92.0 cm³/mol. The van der Waals surface area contributed by atoms with Crippen LogP contribution < -0.4 is 0 Å². The van der Waals surface area contributed by atoms with Crippen molar-refractivity contribution in [2.24, 2.45) is 0 Å². The minimum absolute atomic E-state index is 0.273. The first-order valence-electron chi connectivity index (χ1n) is 7.61. The van der Waals surface area contributed by atoms with Gasteiger partial charge in [-0.15, -0.1) is 11.3 Å². The Labute approximate surface area is 134 Å². The number of rotatable bonds is 6.